The van der Waals surface area contributed by atoms with E-state index in [1.165, 1.54) is 23.1 Å². The van der Waals surface area contributed by atoms with Gasteiger partial charge in [0.05, 0.1) is 25.3 Å². The fourth-order valence-electron chi connectivity index (χ4n) is 6.44. The minimum Gasteiger partial charge on any atom is -0.493 e. The average molecular weight is 861 g/mol. The van der Waals surface area contributed by atoms with E-state index < -0.39 is 34.7 Å². The Hall–Kier alpha value is -6.38. The first-order valence-corrected chi connectivity index (χ1v) is 21.6. The maximum Gasteiger partial charge on any atom is 0.410 e. The van der Waals surface area contributed by atoms with Crippen LogP contribution in [0.15, 0.2) is 120 Å². The predicted octanol–water partition coefficient (Wildman–Crippen LogP) is 9.50. The van der Waals surface area contributed by atoms with Crippen LogP contribution in [0, 0.1) is 0 Å². The van der Waals surface area contributed by atoms with Gasteiger partial charge < -0.3 is 35.1 Å². The van der Waals surface area contributed by atoms with E-state index in [4.69, 9.17) is 14.2 Å². The molecule has 0 spiro atoms. The summed E-state index contributed by atoms with van der Waals surface area (Å²) in [7, 11) is 0. The van der Waals surface area contributed by atoms with Crippen LogP contribution < -0.4 is 20.7 Å². The van der Waals surface area contributed by atoms with Gasteiger partial charge in [0.1, 0.15) is 27.3 Å². The smallest absolute Gasteiger partial charge is 0.410 e. The van der Waals surface area contributed by atoms with E-state index in [1.54, 1.807) is 99.3 Å². The number of anilines is 2. The topological polar surface area (TPSA) is 152 Å². The molecular weight excluding hydrogens is 813 g/mol. The molecule has 316 valence electrons. The normalized spacial score (nSPS) is 13.0. The number of benzene rings is 4. The molecule has 1 aliphatic heterocycles. The van der Waals surface area contributed by atoms with E-state index >= 15 is 0 Å². The Balaban J connectivity index is 1.26. The molecule has 2 heterocycles. The highest BCUT2D eigenvalue weighted by molar-refractivity contribution is 8.00. The van der Waals surface area contributed by atoms with Crippen LogP contribution in [0.3, 0.4) is 0 Å². The van der Waals surface area contributed by atoms with Crippen molar-refractivity contribution in [3.8, 4) is 5.75 Å². The summed E-state index contributed by atoms with van der Waals surface area (Å²) in [5.41, 5.74) is 2.44. The lowest BCUT2D eigenvalue weighted by Gasteiger charge is -2.30. The van der Waals surface area contributed by atoms with E-state index in [9.17, 15) is 24.0 Å². The molecule has 3 N–H and O–H groups in total. The number of nitrogens with zero attached hydrogens (tertiary/aromatic N) is 1. The molecule has 5 aromatic rings. The maximum atomic E-state index is 14.4. The van der Waals surface area contributed by atoms with Crippen molar-refractivity contribution in [3.63, 3.8) is 0 Å². The Kier molecular flexibility index (Phi) is 14.7. The van der Waals surface area contributed by atoms with Crippen molar-refractivity contribution in [1.82, 2.24) is 10.2 Å². The number of ether oxygens (including phenoxy) is 3. The predicted molar refractivity (Wildman–Crippen MR) is 239 cm³/mol. The average Bonchev–Trinajstić information content (AvgIpc) is 3.60. The van der Waals surface area contributed by atoms with E-state index in [2.05, 4.69) is 16.0 Å². The second kappa shape index (κ2) is 20.3. The SMILES string of the molecule is CCOC(=O)c1c(NC(=O)C(Sc2cccc(NC(=O)/C(=C\c3ccccc3OCC)NC(=O)c3ccccc3)c2)c2ccccc2)sc2c1CCN(C(=O)OC(C)(C)C)C2. The number of amides is 4. The van der Waals surface area contributed by atoms with Crippen LogP contribution in [0.4, 0.5) is 15.5 Å². The van der Waals surface area contributed by atoms with Crippen molar-refractivity contribution in [2.75, 3.05) is 30.4 Å². The monoisotopic (exact) mass is 860 g/mol. The van der Waals surface area contributed by atoms with E-state index in [-0.39, 0.29) is 30.3 Å². The molecule has 61 heavy (non-hydrogen) atoms. The molecule has 0 fully saturated rings. The molecule has 0 radical (unpaired) electrons. The van der Waals surface area contributed by atoms with Gasteiger partial charge in [-0.1, -0.05) is 72.8 Å². The third-order valence-electron chi connectivity index (χ3n) is 9.16. The summed E-state index contributed by atoms with van der Waals surface area (Å²) >= 11 is 2.50. The highest BCUT2D eigenvalue weighted by Crippen LogP contribution is 2.41. The summed E-state index contributed by atoms with van der Waals surface area (Å²) < 4.78 is 16.8. The Labute approximate surface area is 363 Å². The maximum absolute atomic E-state index is 14.4. The number of hydrogen-bond donors (Lipinski definition) is 3. The number of esters is 1. The lowest BCUT2D eigenvalue weighted by molar-refractivity contribution is -0.116. The number of hydrogen-bond acceptors (Lipinski definition) is 10. The molecule has 1 atom stereocenters. The van der Waals surface area contributed by atoms with Gasteiger partial charge in [-0.2, -0.15) is 0 Å². The van der Waals surface area contributed by atoms with Crippen molar-refractivity contribution in [2.45, 2.75) is 63.3 Å². The molecular formula is C47H48N4O8S2. The van der Waals surface area contributed by atoms with Crippen LogP contribution >= 0.6 is 23.1 Å². The summed E-state index contributed by atoms with van der Waals surface area (Å²) in [4.78, 5) is 71.1. The van der Waals surface area contributed by atoms with Crippen molar-refractivity contribution < 1.29 is 38.2 Å². The molecule has 1 aliphatic rings. The number of carbonyl (C=O) groups excluding carboxylic acids is 5. The fourth-order valence-corrected chi connectivity index (χ4v) is 8.78. The zero-order valence-corrected chi connectivity index (χ0v) is 36.2. The lowest BCUT2D eigenvalue weighted by atomic mass is 10.0. The standard InChI is InChI=1S/C47H48N4O8S2/c1-6-57-37-24-15-14-21-32(37)27-36(49-41(52)31-19-12-9-13-20-31)42(53)48-33-22-16-23-34(28-33)60-40(30-17-10-8-11-18-30)43(54)50-44-39(45(55)58-7-2)35-25-26-51(29-38(35)61-44)46(56)59-47(3,4)5/h8-24,27-28,40H,6-7,25-26,29H2,1-5H3,(H,48,53)(H,49,52)(H,50,54)/b36-27+. The van der Waals surface area contributed by atoms with Gasteiger partial charge in [-0.25, -0.2) is 9.59 Å². The zero-order valence-electron chi connectivity index (χ0n) is 34.6. The minimum atomic E-state index is -0.796. The van der Waals surface area contributed by atoms with Gasteiger partial charge in [0, 0.05) is 33.1 Å². The fraction of sp³-hybridized carbons (Fsp3) is 0.255. The van der Waals surface area contributed by atoms with Gasteiger partial charge in [-0.3, -0.25) is 14.4 Å². The van der Waals surface area contributed by atoms with Gasteiger partial charge in [-0.05, 0) is 94.6 Å². The van der Waals surface area contributed by atoms with Crippen molar-refractivity contribution in [3.05, 3.63) is 148 Å². The van der Waals surface area contributed by atoms with Gasteiger partial charge >= 0.3 is 12.1 Å². The van der Waals surface area contributed by atoms with Crippen LogP contribution in [-0.4, -0.2) is 60.0 Å². The molecule has 6 rings (SSSR count). The largest absolute Gasteiger partial charge is 0.493 e. The molecule has 1 unspecified atom stereocenters. The van der Waals surface area contributed by atoms with Crippen LogP contribution in [0.25, 0.3) is 6.08 Å². The Morgan fingerprint density at radius 3 is 2.26 bits per heavy atom. The second-order valence-corrected chi connectivity index (χ2v) is 17.1. The first kappa shape index (κ1) is 44.2. The Morgan fingerprint density at radius 1 is 0.852 bits per heavy atom. The van der Waals surface area contributed by atoms with Crippen LogP contribution in [0.2, 0.25) is 0 Å². The summed E-state index contributed by atoms with van der Waals surface area (Å²) in [6, 6.07) is 32.1. The van der Waals surface area contributed by atoms with Crippen molar-refractivity contribution in [2.24, 2.45) is 0 Å². The molecule has 0 bridgehead atoms. The highest BCUT2D eigenvalue weighted by atomic mass is 32.2. The van der Waals surface area contributed by atoms with Gasteiger partial charge in [0.2, 0.25) is 5.91 Å². The van der Waals surface area contributed by atoms with Crippen molar-refractivity contribution in [1.29, 1.82) is 0 Å². The number of thioether (sulfide) groups is 1. The summed E-state index contributed by atoms with van der Waals surface area (Å²) in [6.45, 7) is 10.1. The summed E-state index contributed by atoms with van der Waals surface area (Å²) in [5.74, 6) is -1.43. The van der Waals surface area contributed by atoms with Crippen LogP contribution in [0.5, 0.6) is 5.75 Å². The zero-order chi connectivity index (χ0) is 43.5. The first-order valence-electron chi connectivity index (χ1n) is 19.9. The number of thiophene rings is 1. The van der Waals surface area contributed by atoms with Gasteiger partial charge in [-0.15, -0.1) is 23.1 Å². The third-order valence-corrected chi connectivity index (χ3v) is 11.5. The first-order chi connectivity index (χ1) is 29.3. The summed E-state index contributed by atoms with van der Waals surface area (Å²) in [6.07, 6.45) is 1.50. The van der Waals surface area contributed by atoms with Gasteiger partial charge in [0.15, 0.2) is 0 Å². The highest BCUT2D eigenvalue weighted by Gasteiger charge is 2.34. The van der Waals surface area contributed by atoms with E-state index in [1.807, 2.05) is 55.5 Å². The Bertz CT molecular complexity index is 2410. The molecule has 14 heteroatoms. The van der Waals surface area contributed by atoms with Gasteiger partial charge in [0.25, 0.3) is 11.8 Å². The molecule has 0 saturated carbocycles. The van der Waals surface area contributed by atoms with E-state index in [0.717, 1.165) is 10.4 Å². The molecule has 4 amide bonds. The molecule has 12 nitrogen and oxygen atoms in total. The van der Waals surface area contributed by atoms with Crippen LogP contribution in [-0.2, 0) is 32.0 Å². The summed E-state index contributed by atoms with van der Waals surface area (Å²) in [5, 5.41) is 8.26. The van der Waals surface area contributed by atoms with Crippen LogP contribution in [0.1, 0.15) is 82.2 Å². The molecule has 0 aliphatic carbocycles. The number of nitrogens with one attached hydrogen (secondary N) is 3. The lowest BCUT2D eigenvalue weighted by Crippen LogP contribution is -2.39. The third kappa shape index (κ3) is 11.7. The number of carbonyl (C=O) groups is 5. The van der Waals surface area contributed by atoms with Crippen molar-refractivity contribution >= 4 is 69.6 Å². The number of para-hydroxylation sites is 1. The second-order valence-electron chi connectivity index (χ2n) is 14.8. The molecule has 0 saturated heterocycles. The quantitative estimate of drug-likeness (QED) is 0.0563. The van der Waals surface area contributed by atoms with E-state index in [0.29, 0.717) is 57.6 Å². The minimum absolute atomic E-state index is 0.00846. The molecule has 1 aromatic heterocycles. The number of fused-ring (bicyclic) bond motifs is 1. The Morgan fingerprint density at radius 2 is 1.56 bits per heavy atom. The molecule has 4 aromatic carbocycles. The number of rotatable bonds is 14.